The summed E-state index contributed by atoms with van der Waals surface area (Å²) in [5.74, 6) is -0.933. The fourth-order valence-electron chi connectivity index (χ4n) is 2.76. The number of nitrogens with zero attached hydrogens (tertiary/aromatic N) is 2. The Hall–Kier alpha value is -2.46. The van der Waals surface area contributed by atoms with E-state index in [0.717, 1.165) is 0 Å². The monoisotopic (exact) mass is 369 g/mol. The third kappa shape index (κ3) is 4.58. The van der Waals surface area contributed by atoms with Crippen LogP contribution in [0.5, 0.6) is 0 Å². The molecule has 144 valence electrons. The van der Waals surface area contributed by atoms with Crippen LogP contribution in [-0.4, -0.2) is 45.5 Å². The molecule has 0 spiro atoms. The largest absolute Gasteiger partial charge is 0.463 e. The van der Waals surface area contributed by atoms with Crippen molar-refractivity contribution in [3.8, 4) is 0 Å². The lowest BCUT2D eigenvalue weighted by atomic mass is 10.1. The normalized spacial score (nSPS) is 22.3. The van der Waals surface area contributed by atoms with Gasteiger partial charge in [-0.3, -0.25) is 24.8 Å². The topological polar surface area (TPSA) is 129 Å². The summed E-state index contributed by atoms with van der Waals surface area (Å²) >= 11 is 0. The van der Waals surface area contributed by atoms with Gasteiger partial charge in [-0.05, 0) is 5.92 Å². The van der Waals surface area contributed by atoms with Gasteiger partial charge in [0.05, 0.1) is 0 Å². The average molecular weight is 369 g/mol. The maximum atomic E-state index is 12.3. The molecule has 10 nitrogen and oxygen atoms in total. The molecule has 1 aliphatic rings. The number of ether oxygens (including phenoxy) is 3. The molecule has 1 aliphatic heterocycles. The zero-order valence-electron chi connectivity index (χ0n) is 15.1. The van der Waals surface area contributed by atoms with E-state index >= 15 is 0 Å². The van der Waals surface area contributed by atoms with Crippen molar-refractivity contribution < 1.29 is 29.0 Å². The Balaban J connectivity index is 2.30. The van der Waals surface area contributed by atoms with Crippen LogP contribution >= 0.6 is 0 Å². The molecule has 0 aromatic carbocycles. The smallest absolute Gasteiger partial charge is 0.351 e. The Morgan fingerprint density at radius 3 is 2.65 bits per heavy atom. The minimum atomic E-state index is -0.745. The number of anilines is 1. The quantitative estimate of drug-likeness (QED) is 0.556. The minimum Gasteiger partial charge on any atom is -0.463 e. The Labute approximate surface area is 150 Å². The summed E-state index contributed by atoms with van der Waals surface area (Å²) in [6, 6.07) is 0. The lowest BCUT2D eigenvalue weighted by Crippen LogP contribution is -2.31. The molecule has 0 radical (unpaired) electrons. The third-order valence-corrected chi connectivity index (χ3v) is 3.97. The summed E-state index contributed by atoms with van der Waals surface area (Å²) in [6.07, 6.45) is -0.358. The zero-order valence-corrected chi connectivity index (χ0v) is 15.1. The summed E-state index contributed by atoms with van der Waals surface area (Å²) in [5, 5.41) is 9.16. The van der Waals surface area contributed by atoms with Gasteiger partial charge in [-0.15, -0.1) is 0 Å². The van der Waals surface area contributed by atoms with Crippen molar-refractivity contribution >= 4 is 17.8 Å². The number of aromatic nitrogens is 2. The first kappa shape index (κ1) is 19.9. The van der Waals surface area contributed by atoms with Crippen molar-refractivity contribution in [1.29, 1.82) is 0 Å². The fraction of sp³-hybridized carbons (Fsp3) is 0.625. The molecule has 0 amide bonds. The lowest BCUT2D eigenvalue weighted by Gasteiger charge is -2.18. The minimum absolute atomic E-state index is 0.0217. The van der Waals surface area contributed by atoms with Crippen LogP contribution in [0.15, 0.2) is 11.0 Å². The fourth-order valence-corrected chi connectivity index (χ4v) is 2.76. The van der Waals surface area contributed by atoms with Gasteiger partial charge in [-0.2, -0.15) is 4.98 Å². The van der Waals surface area contributed by atoms with Crippen LogP contribution in [0.25, 0.3) is 0 Å². The second-order valence-electron chi connectivity index (χ2n) is 6.32. The van der Waals surface area contributed by atoms with Gasteiger partial charge in [0.1, 0.15) is 25.0 Å². The molecule has 2 heterocycles. The highest BCUT2D eigenvalue weighted by atomic mass is 16.6. The van der Waals surface area contributed by atoms with E-state index in [1.807, 2.05) is 19.3 Å². The lowest BCUT2D eigenvalue weighted by molar-refractivity contribution is -0.155. The highest BCUT2D eigenvalue weighted by Crippen LogP contribution is 2.31. The molecule has 0 unspecified atom stereocenters. The second kappa shape index (κ2) is 8.28. The number of rotatable bonds is 6. The second-order valence-corrected chi connectivity index (χ2v) is 6.32. The molecule has 0 bridgehead atoms. The van der Waals surface area contributed by atoms with Gasteiger partial charge in [0, 0.05) is 32.0 Å². The predicted molar refractivity (Wildman–Crippen MR) is 88.7 cm³/mol. The van der Waals surface area contributed by atoms with Crippen LogP contribution in [0, 0.1) is 0 Å². The predicted octanol–water partition coefficient (Wildman–Crippen LogP) is 0.950. The molecule has 0 aliphatic carbocycles. The van der Waals surface area contributed by atoms with E-state index in [1.54, 1.807) is 6.20 Å². The van der Waals surface area contributed by atoms with Crippen molar-refractivity contribution in [1.82, 2.24) is 9.55 Å². The number of carbonyl (C=O) groups excluding carboxylic acids is 2. The average Bonchev–Trinajstić information content (AvgIpc) is 2.93. The Morgan fingerprint density at radius 2 is 2.12 bits per heavy atom. The molecule has 0 saturated carbocycles. The molecular formula is C16H23N3O7. The van der Waals surface area contributed by atoms with Gasteiger partial charge in [-0.1, -0.05) is 13.8 Å². The highest BCUT2D eigenvalue weighted by molar-refractivity contribution is 5.66. The van der Waals surface area contributed by atoms with Crippen LogP contribution in [-0.2, 0) is 23.8 Å². The van der Waals surface area contributed by atoms with Crippen LogP contribution in [0.2, 0.25) is 0 Å². The summed E-state index contributed by atoms with van der Waals surface area (Å²) < 4.78 is 17.2. The van der Waals surface area contributed by atoms with E-state index in [0.29, 0.717) is 5.56 Å². The first-order chi connectivity index (χ1) is 12.2. The Morgan fingerprint density at radius 1 is 1.42 bits per heavy atom. The summed E-state index contributed by atoms with van der Waals surface area (Å²) in [6.45, 7) is 6.19. The van der Waals surface area contributed by atoms with Crippen molar-refractivity contribution in [2.45, 2.75) is 58.5 Å². The van der Waals surface area contributed by atoms with E-state index < -0.39 is 36.1 Å². The highest BCUT2D eigenvalue weighted by Gasteiger charge is 2.40. The molecule has 10 heteroatoms. The van der Waals surface area contributed by atoms with Crippen molar-refractivity contribution in [2.24, 2.45) is 0 Å². The van der Waals surface area contributed by atoms with Gasteiger partial charge in [-0.25, -0.2) is 4.79 Å². The van der Waals surface area contributed by atoms with Gasteiger partial charge < -0.3 is 14.2 Å². The van der Waals surface area contributed by atoms with Crippen LogP contribution < -0.4 is 11.2 Å². The molecule has 26 heavy (non-hydrogen) atoms. The number of nitrogens with one attached hydrogen (secondary N) is 1. The standard InChI is InChI=1S/C16H23N3O7/c1-8(2)11-6-19(16(22)17-15(11)18-23)14-5-12(25-10(4)21)13(26-14)7-24-9(3)20/h6,8,12-14,23H,5,7H2,1-4H3,(H,17,18,22)/t12-,13+,14+/m0/s1. The molecular weight excluding hydrogens is 346 g/mol. The van der Waals surface area contributed by atoms with E-state index in [-0.39, 0.29) is 24.8 Å². The first-order valence-corrected chi connectivity index (χ1v) is 8.22. The van der Waals surface area contributed by atoms with Crippen LogP contribution in [0.4, 0.5) is 5.82 Å². The van der Waals surface area contributed by atoms with Crippen molar-refractivity contribution in [3.05, 3.63) is 22.2 Å². The Bertz CT molecular complexity index is 731. The molecule has 1 aromatic heterocycles. The van der Waals surface area contributed by atoms with E-state index in [4.69, 9.17) is 19.4 Å². The molecule has 2 rings (SSSR count). The van der Waals surface area contributed by atoms with Gasteiger partial charge in [0.15, 0.2) is 5.82 Å². The van der Waals surface area contributed by atoms with Gasteiger partial charge in [0.2, 0.25) is 0 Å². The molecule has 1 aromatic rings. The summed E-state index contributed by atoms with van der Waals surface area (Å²) in [4.78, 5) is 38.5. The first-order valence-electron chi connectivity index (χ1n) is 8.22. The van der Waals surface area contributed by atoms with Crippen LogP contribution in [0.3, 0.4) is 0 Å². The van der Waals surface area contributed by atoms with Crippen LogP contribution in [0.1, 0.15) is 51.8 Å². The Kier molecular flexibility index (Phi) is 6.32. The zero-order chi connectivity index (χ0) is 19.4. The maximum Gasteiger partial charge on any atom is 0.351 e. The van der Waals surface area contributed by atoms with Gasteiger partial charge in [0.25, 0.3) is 0 Å². The number of carbonyl (C=O) groups is 2. The third-order valence-electron chi connectivity index (χ3n) is 3.97. The molecule has 1 fully saturated rings. The van der Waals surface area contributed by atoms with Crippen molar-refractivity contribution in [2.75, 3.05) is 12.1 Å². The van der Waals surface area contributed by atoms with E-state index in [1.165, 1.54) is 18.4 Å². The number of hydrogen-bond acceptors (Lipinski definition) is 9. The summed E-state index contributed by atoms with van der Waals surface area (Å²) in [5.41, 5.74) is 1.90. The summed E-state index contributed by atoms with van der Waals surface area (Å²) in [7, 11) is 0. The van der Waals surface area contributed by atoms with Crippen molar-refractivity contribution in [3.63, 3.8) is 0 Å². The molecule has 2 N–H and O–H groups in total. The molecule has 1 saturated heterocycles. The van der Waals surface area contributed by atoms with E-state index in [9.17, 15) is 14.4 Å². The molecule has 3 atom stereocenters. The number of hydrogen-bond donors (Lipinski definition) is 2. The number of esters is 2. The SMILES string of the molecule is CC(=O)OC[C@H]1O[C@@H](n2cc(C(C)C)c(NO)nc2=O)C[C@@H]1OC(C)=O. The van der Waals surface area contributed by atoms with E-state index in [2.05, 4.69) is 4.98 Å². The van der Waals surface area contributed by atoms with Gasteiger partial charge >= 0.3 is 17.6 Å². The maximum absolute atomic E-state index is 12.3.